The Labute approximate surface area is 206 Å². The minimum absolute atomic E-state index is 0.106. The quantitative estimate of drug-likeness (QED) is 0.333. The molecule has 0 radical (unpaired) electrons. The summed E-state index contributed by atoms with van der Waals surface area (Å²) in [6, 6.07) is 4.92. The third-order valence-corrected chi connectivity index (χ3v) is 4.62. The van der Waals surface area contributed by atoms with Gasteiger partial charge >= 0.3 is 11.9 Å². The lowest BCUT2D eigenvalue weighted by molar-refractivity contribution is -0.144. The van der Waals surface area contributed by atoms with Crippen molar-refractivity contribution in [3.63, 3.8) is 0 Å². The van der Waals surface area contributed by atoms with E-state index in [4.69, 9.17) is 21.1 Å². The highest BCUT2D eigenvalue weighted by atomic mass is 35.5. The van der Waals surface area contributed by atoms with E-state index in [1.165, 1.54) is 18.3 Å². The molecule has 0 fully saturated rings. The first-order valence-corrected chi connectivity index (χ1v) is 10.5. The molecule has 0 aliphatic heterocycles. The molecule has 3 aromatic rings. The van der Waals surface area contributed by atoms with Gasteiger partial charge in [0.15, 0.2) is 5.75 Å². The van der Waals surface area contributed by atoms with E-state index in [-0.39, 0.29) is 44.2 Å². The lowest BCUT2D eigenvalue weighted by atomic mass is 10.2. The maximum atomic E-state index is 14.6. The first kappa shape index (κ1) is 28.4. The fraction of sp³-hybridized carbons (Fsp3) is 0.273. The van der Waals surface area contributed by atoms with E-state index in [9.17, 15) is 31.9 Å². The standard InChI is InChI=1S/C19H14ClF4N3O4.C3H6O2/c1-3-30-17-13(5-4-6-25-17)31-14-8-12(11(21)7-10(14)20)27-16(28)9-15(19(22,23)24)26(2)18(27)29;1-2-5-3-4/h4-9H,3H2,1-2H3;3H,2H2,1H3. The number of ether oxygens (including phenoxy) is 3. The summed E-state index contributed by atoms with van der Waals surface area (Å²) < 4.78 is 69.2. The Balaban J connectivity index is 0.000000830. The Morgan fingerprint density at radius 2 is 1.81 bits per heavy atom. The zero-order valence-electron chi connectivity index (χ0n) is 19.1. The van der Waals surface area contributed by atoms with Crippen molar-refractivity contribution in [3.8, 4) is 23.1 Å². The van der Waals surface area contributed by atoms with Gasteiger partial charge in [-0.05, 0) is 32.0 Å². The lowest BCUT2D eigenvalue weighted by Crippen LogP contribution is -2.41. The van der Waals surface area contributed by atoms with Crippen LogP contribution in [-0.4, -0.2) is 33.8 Å². The summed E-state index contributed by atoms with van der Waals surface area (Å²) >= 11 is 6.02. The van der Waals surface area contributed by atoms with Crippen molar-refractivity contribution >= 4 is 18.1 Å². The number of hydrogen-bond acceptors (Lipinski definition) is 7. The van der Waals surface area contributed by atoms with E-state index in [1.54, 1.807) is 13.8 Å². The molecule has 0 aliphatic carbocycles. The van der Waals surface area contributed by atoms with Crippen LogP contribution in [0, 0.1) is 5.82 Å². The molecule has 0 bridgehead atoms. The molecule has 0 atom stereocenters. The molecular weight excluding hydrogens is 514 g/mol. The van der Waals surface area contributed by atoms with Gasteiger partial charge in [-0.1, -0.05) is 11.6 Å². The maximum Gasteiger partial charge on any atom is 0.431 e. The van der Waals surface area contributed by atoms with Crippen molar-refractivity contribution in [1.29, 1.82) is 0 Å². The van der Waals surface area contributed by atoms with Crippen LogP contribution in [0.1, 0.15) is 19.5 Å². The van der Waals surface area contributed by atoms with Crippen LogP contribution in [0.4, 0.5) is 17.6 Å². The van der Waals surface area contributed by atoms with Gasteiger partial charge in [0.05, 0.1) is 23.9 Å². The van der Waals surface area contributed by atoms with Crippen molar-refractivity contribution in [2.45, 2.75) is 20.0 Å². The van der Waals surface area contributed by atoms with Gasteiger partial charge in [-0.2, -0.15) is 13.2 Å². The Morgan fingerprint density at radius 1 is 1.11 bits per heavy atom. The number of rotatable bonds is 7. The summed E-state index contributed by atoms with van der Waals surface area (Å²) in [7, 11) is 0.816. The fourth-order valence-electron chi connectivity index (χ4n) is 2.77. The molecule has 0 aliphatic rings. The van der Waals surface area contributed by atoms with Crippen molar-refractivity contribution in [2.75, 3.05) is 13.2 Å². The molecule has 2 aromatic heterocycles. The molecule has 2 heterocycles. The lowest BCUT2D eigenvalue weighted by Gasteiger charge is -2.16. The number of benzene rings is 1. The van der Waals surface area contributed by atoms with Crippen LogP contribution in [0.3, 0.4) is 0 Å². The minimum atomic E-state index is -4.95. The van der Waals surface area contributed by atoms with E-state index < -0.39 is 34.6 Å². The van der Waals surface area contributed by atoms with Crippen LogP contribution in [0.5, 0.6) is 17.4 Å². The second-order valence-electron chi connectivity index (χ2n) is 6.67. The number of hydrogen-bond donors (Lipinski definition) is 0. The monoisotopic (exact) mass is 533 g/mol. The zero-order valence-corrected chi connectivity index (χ0v) is 19.9. The summed E-state index contributed by atoms with van der Waals surface area (Å²) in [6.45, 7) is 4.65. The van der Waals surface area contributed by atoms with Gasteiger partial charge in [0.2, 0.25) is 0 Å². The molecule has 0 spiro atoms. The molecular formula is C22H20ClF4N3O6. The van der Waals surface area contributed by atoms with E-state index >= 15 is 0 Å². The van der Waals surface area contributed by atoms with Gasteiger partial charge in [-0.25, -0.2) is 18.7 Å². The number of carbonyl (C=O) groups excluding carboxylic acids is 1. The molecule has 0 saturated heterocycles. The number of pyridine rings is 1. The molecule has 0 unspecified atom stereocenters. The first-order chi connectivity index (χ1) is 17.0. The van der Waals surface area contributed by atoms with Crippen LogP contribution in [-0.2, 0) is 22.8 Å². The van der Waals surface area contributed by atoms with Crippen molar-refractivity contribution in [1.82, 2.24) is 14.1 Å². The molecule has 0 amide bonds. The highest BCUT2D eigenvalue weighted by Gasteiger charge is 2.35. The summed E-state index contributed by atoms with van der Waals surface area (Å²) in [5, 5.41) is -0.218. The largest absolute Gasteiger partial charge is 0.475 e. The third kappa shape index (κ3) is 6.62. The molecule has 194 valence electrons. The maximum absolute atomic E-state index is 14.6. The van der Waals surface area contributed by atoms with Crippen LogP contribution < -0.4 is 20.7 Å². The van der Waals surface area contributed by atoms with Gasteiger partial charge in [-0.3, -0.25) is 14.2 Å². The normalized spacial score (nSPS) is 10.8. The van der Waals surface area contributed by atoms with Crippen LogP contribution in [0.2, 0.25) is 5.02 Å². The Kier molecular flexibility index (Phi) is 9.61. The summed E-state index contributed by atoms with van der Waals surface area (Å²) in [5.41, 5.74) is -4.88. The number of aromatic nitrogens is 3. The van der Waals surface area contributed by atoms with Crippen molar-refractivity contribution in [3.05, 3.63) is 73.9 Å². The number of nitrogens with zero attached hydrogens (tertiary/aromatic N) is 3. The van der Waals surface area contributed by atoms with Gasteiger partial charge in [0.1, 0.15) is 17.3 Å². The van der Waals surface area contributed by atoms with Gasteiger partial charge < -0.3 is 14.2 Å². The number of alkyl halides is 3. The predicted molar refractivity (Wildman–Crippen MR) is 120 cm³/mol. The minimum Gasteiger partial charge on any atom is -0.475 e. The number of carbonyl (C=O) groups is 1. The SMILES string of the molecule is CCOC=O.CCOc1ncccc1Oc1cc(-n2c(=O)cc(C(F)(F)F)n(C)c2=O)c(F)cc1Cl. The van der Waals surface area contributed by atoms with Gasteiger partial charge in [-0.15, -0.1) is 0 Å². The highest BCUT2D eigenvalue weighted by molar-refractivity contribution is 6.32. The zero-order chi connectivity index (χ0) is 27.0. The van der Waals surface area contributed by atoms with Crippen molar-refractivity contribution < 1.29 is 36.6 Å². The average molecular weight is 534 g/mol. The third-order valence-electron chi connectivity index (χ3n) is 4.32. The predicted octanol–water partition coefficient (Wildman–Crippen LogP) is 4.11. The smallest absolute Gasteiger partial charge is 0.431 e. The fourth-order valence-corrected chi connectivity index (χ4v) is 2.96. The summed E-state index contributed by atoms with van der Waals surface area (Å²) in [5.74, 6) is -1.08. The Hall–Kier alpha value is -3.87. The average Bonchev–Trinajstić information content (AvgIpc) is 2.80. The van der Waals surface area contributed by atoms with E-state index in [0.717, 1.165) is 19.2 Å². The van der Waals surface area contributed by atoms with Crippen LogP contribution in [0.25, 0.3) is 5.69 Å². The van der Waals surface area contributed by atoms with E-state index in [0.29, 0.717) is 13.1 Å². The first-order valence-electron chi connectivity index (χ1n) is 10.2. The topological polar surface area (TPSA) is 102 Å². The molecule has 36 heavy (non-hydrogen) atoms. The van der Waals surface area contributed by atoms with E-state index in [2.05, 4.69) is 9.72 Å². The molecule has 0 N–H and O–H groups in total. The summed E-state index contributed by atoms with van der Waals surface area (Å²) in [4.78, 5) is 37.9. The van der Waals surface area contributed by atoms with E-state index in [1.807, 2.05) is 0 Å². The number of halogens is 5. The highest BCUT2D eigenvalue weighted by Crippen LogP contribution is 2.36. The Morgan fingerprint density at radius 3 is 2.36 bits per heavy atom. The van der Waals surface area contributed by atoms with Crippen molar-refractivity contribution in [2.24, 2.45) is 7.05 Å². The van der Waals surface area contributed by atoms with Gasteiger partial charge in [0.25, 0.3) is 17.9 Å². The van der Waals surface area contributed by atoms with Crippen LogP contribution in [0.15, 0.2) is 46.1 Å². The molecule has 3 rings (SSSR count). The molecule has 9 nitrogen and oxygen atoms in total. The Bertz CT molecular complexity index is 1340. The second kappa shape index (κ2) is 12.2. The summed E-state index contributed by atoms with van der Waals surface area (Å²) in [6.07, 6.45) is -3.50. The van der Waals surface area contributed by atoms with Crippen LogP contribution >= 0.6 is 11.6 Å². The second-order valence-corrected chi connectivity index (χ2v) is 7.08. The van der Waals surface area contributed by atoms with Gasteiger partial charge in [0, 0.05) is 25.4 Å². The molecule has 0 saturated carbocycles. The molecule has 14 heteroatoms. The molecule has 1 aromatic carbocycles.